The second kappa shape index (κ2) is 5.91. The maximum atomic E-state index is 4.70. The third-order valence-electron chi connectivity index (χ3n) is 3.57. The van der Waals surface area contributed by atoms with Crippen molar-refractivity contribution in [3.63, 3.8) is 0 Å². The summed E-state index contributed by atoms with van der Waals surface area (Å²) >= 11 is 3.68. The Labute approximate surface area is 112 Å². The van der Waals surface area contributed by atoms with Crippen molar-refractivity contribution < 1.29 is 0 Å². The Kier molecular flexibility index (Phi) is 4.51. The van der Waals surface area contributed by atoms with Crippen LogP contribution in [0.3, 0.4) is 0 Å². The van der Waals surface area contributed by atoms with Crippen LogP contribution < -0.4 is 5.32 Å². The lowest BCUT2D eigenvalue weighted by Crippen LogP contribution is -2.34. The molecule has 1 aliphatic heterocycles. The molecule has 0 radical (unpaired) electrons. The first-order valence-corrected chi connectivity index (χ1v) is 8.08. The zero-order valence-corrected chi connectivity index (χ0v) is 12.2. The fraction of sp³-hybridized carbons (Fsp3) is 0.615. The maximum Gasteiger partial charge on any atom is 0.156 e. The molecule has 0 aliphatic carbocycles. The largest absolute Gasteiger partial charge is 0.360 e. The van der Waals surface area contributed by atoms with Gasteiger partial charge in [0.2, 0.25) is 0 Å². The van der Waals surface area contributed by atoms with Gasteiger partial charge in [-0.15, -0.1) is 11.3 Å². The smallest absolute Gasteiger partial charge is 0.156 e. The van der Waals surface area contributed by atoms with E-state index in [1.807, 2.05) is 11.8 Å². The zero-order valence-electron chi connectivity index (χ0n) is 10.5. The number of hydrogen-bond donors (Lipinski definition) is 1. The van der Waals surface area contributed by atoms with Gasteiger partial charge in [-0.3, -0.25) is 4.99 Å². The highest BCUT2D eigenvalue weighted by atomic mass is 32.2. The third-order valence-corrected chi connectivity index (χ3v) is 5.75. The Bertz CT molecular complexity index is 367. The number of aliphatic imine (C=N–C) groups is 1. The summed E-state index contributed by atoms with van der Waals surface area (Å²) in [6.45, 7) is 6.46. The molecule has 17 heavy (non-hydrogen) atoms. The summed E-state index contributed by atoms with van der Waals surface area (Å²) in [6, 6.07) is 4.25. The summed E-state index contributed by atoms with van der Waals surface area (Å²) in [5.41, 5.74) is 0.443. The maximum absolute atomic E-state index is 4.70. The molecule has 0 atom stereocenters. The van der Waals surface area contributed by atoms with Gasteiger partial charge < -0.3 is 5.32 Å². The van der Waals surface area contributed by atoms with E-state index in [0.29, 0.717) is 5.41 Å². The molecule has 4 heteroatoms. The lowest BCUT2D eigenvalue weighted by atomic mass is 9.84. The highest BCUT2D eigenvalue weighted by molar-refractivity contribution is 8.13. The van der Waals surface area contributed by atoms with Gasteiger partial charge in [-0.25, -0.2) is 0 Å². The van der Waals surface area contributed by atoms with Crippen LogP contribution in [0.5, 0.6) is 0 Å². The Morgan fingerprint density at radius 3 is 2.76 bits per heavy atom. The molecule has 1 aromatic rings. The van der Waals surface area contributed by atoms with Crippen molar-refractivity contribution in [2.75, 3.05) is 12.3 Å². The Balaban J connectivity index is 1.86. The normalized spacial score (nSPS) is 18.8. The average molecular weight is 268 g/mol. The van der Waals surface area contributed by atoms with Gasteiger partial charge in [-0.2, -0.15) is 0 Å². The number of nitrogens with one attached hydrogen (secondary N) is 1. The van der Waals surface area contributed by atoms with E-state index in [1.165, 1.54) is 23.5 Å². The molecule has 2 rings (SSSR count). The van der Waals surface area contributed by atoms with E-state index in [4.69, 9.17) is 4.99 Å². The number of nitrogens with zero attached hydrogens (tertiary/aromatic N) is 1. The second-order valence-corrected chi connectivity index (χ2v) is 6.55. The molecule has 1 N–H and O–H groups in total. The summed E-state index contributed by atoms with van der Waals surface area (Å²) in [5.74, 6) is 1.20. The fourth-order valence-corrected chi connectivity index (χ4v) is 3.83. The first-order chi connectivity index (χ1) is 8.28. The number of thiophene rings is 1. The lowest BCUT2D eigenvalue weighted by molar-refractivity contribution is 0.318. The van der Waals surface area contributed by atoms with Gasteiger partial charge in [0.25, 0.3) is 0 Å². The molecule has 1 aromatic heterocycles. The predicted octanol–water partition coefficient (Wildman–Crippen LogP) is 3.75. The first kappa shape index (κ1) is 13.0. The van der Waals surface area contributed by atoms with Crippen LogP contribution >= 0.6 is 23.1 Å². The van der Waals surface area contributed by atoms with Crippen molar-refractivity contribution in [2.24, 2.45) is 10.4 Å². The molecule has 0 aromatic carbocycles. The Morgan fingerprint density at radius 1 is 1.41 bits per heavy atom. The van der Waals surface area contributed by atoms with E-state index in [1.54, 1.807) is 11.3 Å². The van der Waals surface area contributed by atoms with Crippen LogP contribution in [-0.2, 0) is 6.54 Å². The minimum atomic E-state index is 0.443. The molecule has 2 nitrogen and oxygen atoms in total. The molecule has 94 valence electrons. The minimum absolute atomic E-state index is 0.443. The second-order valence-electron chi connectivity index (χ2n) is 4.55. The van der Waals surface area contributed by atoms with Crippen LogP contribution in [0.15, 0.2) is 22.5 Å². The van der Waals surface area contributed by atoms with E-state index in [-0.39, 0.29) is 0 Å². The number of hydrogen-bond acceptors (Lipinski definition) is 4. The molecule has 0 bridgehead atoms. The Hall–Kier alpha value is -0.480. The number of amidine groups is 1. The molecule has 0 fully saturated rings. The van der Waals surface area contributed by atoms with Crippen LogP contribution in [0.25, 0.3) is 0 Å². The predicted molar refractivity (Wildman–Crippen MR) is 78.9 cm³/mol. The summed E-state index contributed by atoms with van der Waals surface area (Å²) in [5, 5.41) is 6.67. The molecule has 1 aliphatic rings. The van der Waals surface area contributed by atoms with Crippen LogP contribution in [-0.4, -0.2) is 17.5 Å². The van der Waals surface area contributed by atoms with Crippen LogP contribution in [0, 0.1) is 5.41 Å². The lowest BCUT2D eigenvalue weighted by Gasteiger charge is -2.33. The molecule has 2 heterocycles. The van der Waals surface area contributed by atoms with Gasteiger partial charge in [-0.1, -0.05) is 31.7 Å². The van der Waals surface area contributed by atoms with Crippen molar-refractivity contribution in [2.45, 2.75) is 33.2 Å². The molecule has 0 spiro atoms. The highest BCUT2D eigenvalue weighted by Crippen LogP contribution is 2.34. The molecule has 0 unspecified atom stereocenters. The molecular weight excluding hydrogens is 248 g/mol. The van der Waals surface area contributed by atoms with E-state index < -0.39 is 0 Å². The van der Waals surface area contributed by atoms with Gasteiger partial charge in [0.15, 0.2) is 5.17 Å². The van der Waals surface area contributed by atoms with Crippen molar-refractivity contribution in [1.29, 1.82) is 0 Å². The van der Waals surface area contributed by atoms with Gasteiger partial charge in [0, 0.05) is 17.2 Å². The molecular formula is C13H20N2S2. The zero-order chi connectivity index (χ0) is 12.1. The minimum Gasteiger partial charge on any atom is -0.360 e. The standard InChI is InChI=1S/C13H20N2S2/c1-3-13(4-2)9-15-12(17-10-13)14-8-11-6-5-7-16-11/h5-7H,3-4,8-10H2,1-2H3,(H,14,15). The van der Waals surface area contributed by atoms with Gasteiger partial charge >= 0.3 is 0 Å². The van der Waals surface area contributed by atoms with E-state index in [2.05, 4.69) is 36.7 Å². The van der Waals surface area contributed by atoms with Crippen molar-refractivity contribution in [3.8, 4) is 0 Å². The van der Waals surface area contributed by atoms with Crippen LogP contribution in [0.2, 0.25) is 0 Å². The summed E-state index contributed by atoms with van der Waals surface area (Å²) in [6.07, 6.45) is 2.47. The van der Waals surface area contributed by atoms with Crippen molar-refractivity contribution in [1.82, 2.24) is 5.32 Å². The SMILES string of the molecule is CCC1(CC)CN=C(NCc2cccs2)SC1. The monoisotopic (exact) mass is 268 g/mol. The Morgan fingerprint density at radius 2 is 2.24 bits per heavy atom. The van der Waals surface area contributed by atoms with E-state index in [9.17, 15) is 0 Å². The number of thioether (sulfide) groups is 1. The van der Waals surface area contributed by atoms with E-state index >= 15 is 0 Å². The average Bonchev–Trinajstić information content (AvgIpc) is 2.90. The number of rotatable bonds is 4. The summed E-state index contributed by atoms with van der Waals surface area (Å²) in [4.78, 5) is 6.07. The van der Waals surface area contributed by atoms with E-state index in [0.717, 1.165) is 18.3 Å². The van der Waals surface area contributed by atoms with Crippen molar-refractivity contribution in [3.05, 3.63) is 22.4 Å². The van der Waals surface area contributed by atoms with Crippen LogP contribution in [0.4, 0.5) is 0 Å². The third kappa shape index (κ3) is 3.26. The highest BCUT2D eigenvalue weighted by Gasteiger charge is 2.29. The first-order valence-electron chi connectivity index (χ1n) is 6.21. The molecule has 0 amide bonds. The topological polar surface area (TPSA) is 24.4 Å². The fourth-order valence-electron chi connectivity index (χ4n) is 1.91. The van der Waals surface area contributed by atoms with Gasteiger partial charge in [-0.05, 0) is 29.7 Å². The van der Waals surface area contributed by atoms with Crippen LogP contribution in [0.1, 0.15) is 31.6 Å². The van der Waals surface area contributed by atoms with Gasteiger partial charge in [0.05, 0.1) is 6.54 Å². The van der Waals surface area contributed by atoms with Crippen molar-refractivity contribution >= 4 is 28.3 Å². The molecule has 0 saturated heterocycles. The molecule has 0 saturated carbocycles. The summed E-state index contributed by atoms with van der Waals surface area (Å²) in [7, 11) is 0. The summed E-state index contributed by atoms with van der Waals surface area (Å²) < 4.78 is 0. The quantitative estimate of drug-likeness (QED) is 0.899. The van der Waals surface area contributed by atoms with Gasteiger partial charge in [0.1, 0.15) is 0 Å².